The van der Waals surface area contributed by atoms with Gasteiger partial charge in [0.2, 0.25) is 0 Å². The highest BCUT2D eigenvalue weighted by Crippen LogP contribution is 2.25. The standard InChI is InChI=1S/C24H25NO5/c1-16-5-3-4-12-25(16)23(26)15-29-19-10-11-20-22(13-19)30-14-21(24(20)27)17-6-8-18(28-2)9-7-17/h6-11,13-14,16H,3-5,12,15H2,1-2H3. The highest BCUT2D eigenvalue weighted by atomic mass is 16.5. The molecule has 0 bridgehead atoms. The van der Waals surface area contributed by atoms with Gasteiger partial charge in [0.05, 0.1) is 18.1 Å². The Labute approximate surface area is 175 Å². The van der Waals surface area contributed by atoms with Crippen molar-refractivity contribution in [3.63, 3.8) is 0 Å². The molecule has 0 N–H and O–H groups in total. The molecule has 0 aliphatic carbocycles. The summed E-state index contributed by atoms with van der Waals surface area (Å²) in [5.41, 5.74) is 1.54. The Hall–Kier alpha value is -3.28. The predicted molar refractivity (Wildman–Crippen MR) is 115 cm³/mol. The Bertz CT molecular complexity index is 1100. The van der Waals surface area contributed by atoms with E-state index in [1.54, 1.807) is 37.4 Å². The molecule has 30 heavy (non-hydrogen) atoms. The van der Waals surface area contributed by atoms with Crippen LogP contribution in [-0.2, 0) is 4.79 Å². The number of ether oxygens (including phenoxy) is 2. The number of hydrogen-bond acceptors (Lipinski definition) is 5. The monoisotopic (exact) mass is 407 g/mol. The van der Waals surface area contributed by atoms with E-state index in [0.29, 0.717) is 22.3 Å². The summed E-state index contributed by atoms with van der Waals surface area (Å²) in [6, 6.07) is 12.5. The average Bonchev–Trinajstić information content (AvgIpc) is 2.78. The van der Waals surface area contributed by atoms with E-state index in [0.717, 1.165) is 37.1 Å². The van der Waals surface area contributed by atoms with Gasteiger partial charge < -0.3 is 18.8 Å². The van der Waals surface area contributed by atoms with Crippen LogP contribution >= 0.6 is 0 Å². The molecular formula is C24H25NO5. The quantitative estimate of drug-likeness (QED) is 0.633. The predicted octanol–water partition coefficient (Wildman–Crippen LogP) is 4.25. The number of piperidine rings is 1. The van der Waals surface area contributed by atoms with Crippen LogP contribution in [0.3, 0.4) is 0 Å². The number of fused-ring (bicyclic) bond motifs is 1. The summed E-state index contributed by atoms with van der Waals surface area (Å²) in [5.74, 6) is 1.21. The van der Waals surface area contributed by atoms with Crippen LogP contribution < -0.4 is 14.9 Å². The number of hydrogen-bond donors (Lipinski definition) is 0. The number of nitrogens with zero attached hydrogens (tertiary/aromatic N) is 1. The minimum absolute atomic E-state index is 0.0152. The summed E-state index contributed by atoms with van der Waals surface area (Å²) in [6.07, 6.45) is 4.68. The fourth-order valence-corrected chi connectivity index (χ4v) is 3.86. The molecule has 1 unspecified atom stereocenters. The maximum atomic E-state index is 12.9. The molecule has 1 aliphatic rings. The zero-order valence-corrected chi connectivity index (χ0v) is 17.2. The average molecular weight is 407 g/mol. The lowest BCUT2D eigenvalue weighted by atomic mass is 10.0. The van der Waals surface area contributed by atoms with Gasteiger partial charge in [-0.05, 0) is 56.0 Å². The summed E-state index contributed by atoms with van der Waals surface area (Å²) in [5, 5.41) is 0.464. The van der Waals surface area contributed by atoms with Crippen LogP contribution in [0, 0.1) is 0 Å². The number of likely N-dealkylation sites (tertiary alicyclic amines) is 1. The number of rotatable bonds is 5. The van der Waals surface area contributed by atoms with Gasteiger partial charge in [0.25, 0.3) is 5.91 Å². The first-order valence-corrected chi connectivity index (χ1v) is 10.2. The maximum absolute atomic E-state index is 12.9. The van der Waals surface area contributed by atoms with E-state index in [2.05, 4.69) is 6.92 Å². The number of carbonyl (C=O) groups excluding carboxylic acids is 1. The molecule has 1 saturated heterocycles. The lowest BCUT2D eigenvalue weighted by Crippen LogP contribution is -2.44. The van der Waals surface area contributed by atoms with Crippen molar-refractivity contribution in [1.29, 1.82) is 0 Å². The molecule has 0 radical (unpaired) electrons. The van der Waals surface area contributed by atoms with E-state index < -0.39 is 0 Å². The Morgan fingerprint density at radius 2 is 1.90 bits per heavy atom. The normalized spacial score (nSPS) is 16.5. The van der Waals surface area contributed by atoms with E-state index in [1.807, 2.05) is 17.0 Å². The molecule has 2 heterocycles. The molecule has 6 nitrogen and oxygen atoms in total. The molecule has 1 fully saturated rings. The molecule has 0 saturated carbocycles. The van der Waals surface area contributed by atoms with Crippen LogP contribution in [0.25, 0.3) is 22.1 Å². The Balaban J connectivity index is 1.52. The lowest BCUT2D eigenvalue weighted by Gasteiger charge is -2.33. The third kappa shape index (κ3) is 4.03. The van der Waals surface area contributed by atoms with Crippen molar-refractivity contribution < 1.29 is 18.7 Å². The zero-order chi connectivity index (χ0) is 21.1. The van der Waals surface area contributed by atoms with E-state index in [9.17, 15) is 9.59 Å². The van der Waals surface area contributed by atoms with Gasteiger partial charge >= 0.3 is 0 Å². The molecule has 1 amide bonds. The van der Waals surface area contributed by atoms with Gasteiger partial charge in [0, 0.05) is 18.7 Å². The largest absolute Gasteiger partial charge is 0.497 e. The SMILES string of the molecule is COc1ccc(-c2coc3cc(OCC(=O)N4CCCCC4C)ccc3c2=O)cc1. The van der Waals surface area contributed by atoms with Gasteiger partial charge in [0.1, 0.15) is 23.3 Å². The molecule has 0 spiro atoms. The maximum Gasteiger partial charge on any atom is 0.260 e. The number of methoxy groups -OCH3 is 1. The second-order valence-corrected chi connectivity index (χ2v) is 7.59. The fourth-order valence-electron chi connectivity index (χ4n) is 3.86. The van der Waals surface area contributed by atoms with Crippen molar-refractivity contribution in [1.82, 2.24) is 4.90 Å². The fraction of sp³-hybridized carbons (Fsp3) is 0.333. The van der Waals surface area contributed by atoms with Crippen molar-refractivity contribution in [3.05, 3.63) is 59.0 Å². The lowest BCUT2D eigenvalue weighted by molar-refractivity contribution is -0.136. The molecule has 1 aliphatic heterocycles. The Morgan fingerprint density at radius 1 is 1.13 bits per heavy atom. The number of carbonyl (C=O) groups is 1. The molecule has 156 valence electrons. The second kappa shape index (κ2) is 8.61. The van der Waals surface area contributed by atoms with Crippen molar-refractivity contribution in [3.8, 4) is 22.6 Å². The molecule has 3 aromatic rings. The van der Waals surface area contributed by atoms with E-state index >= 15 is 0 Å². The van der Waals surface area contributed by atoms with Gasteiger partial charge in [-0.2, -0.15) is 0 Å². The molecule has 2 aromatic carbocycles. The Kier molecular flexibility index (Phi) is 5.74. The van der Waals surface area contributed by atoms with E-state index in [-0.39, 0.29) is 24.0 Å². The Morgan fingerprint density at radius 3 is 2.63 bits per heavy atom. The van der Waals surface area contributed by atoms with E-state index in [4.69, 9.17) is 13.9 Å². The minimum atomic E-state index is -0.119. The third-order valence-corrected chi connectivity index (χ3v) is 5.63. The first-order chi connectivity index (χ1) is 14.6. The van der Waals surface area contributed by atoms with Crippen molar-refractivity contribution >= 4 is 16.9 Å². The molecule has 4 rings (SSSR count). The third-order valence-electron chi connectivity index (χ3n) is 5.63. The van der Waals surface area contributed by atoms with Gasteiger partial charge in [-0.3, -0.25) is 9.59 Å². The minimum Gasteiger partial charge on any atom is -0.497 e. The topological polar surface area (TPSA) is 69.0 Å². The van der Waals surface area contributed by atoms with E-state index in [1.165, 1.54) is 6.26 Å². The molecule has 1 atom stereocenters. The highest BCUT2D eigenvalue weighted by molar-refractivity contribution is 5.83. The van der Waals surface area contributed by atoms with Crippen molar-refractivity contribution in [2.75, 3.05) is 20.3 Å². The summed E-state index contributed by atoms with van der Waals surface area (Å²) in [4.78, 5) is 27.3. The molecule has 6 heteroatoms. The molecule has 1 aromatic heterocycles. The van der Waals surface area contributed by atoms with Gasteiger partial charge in [-0.1, -0.05) is 12.1 Å². The number of benzene rings is 2. The smallest absolute Gasteiger partial charge is 0.260 e. The summed E-state index contributed by atoms with van der Waals surface area (Å²) < 4.78 is 16.6. The van der Waals surface area contributed by atoms with Gasteiger partial charge in [0.15, 0.2) is 12.0 Å². The number of amides is 1. The van der Waals surface area contributed by atoms with Crippen molar-refractivity contribution in [2.45, 2.75) is 32.2 Å². The van der Waals surface area contributed by atoms with Crippen molar-refractivity contribution in [2.24, 2.45) is 0 Å². The summed E-state index contributed by atoms with van der Waals surface area (Å²) in [7, 11) is 1.60. The summed E-state index contributed by atoms with van der Waals surface area (Å²) >= 11 is 0. The van der Waals surface area contributed by atoms with Crippen LogP contribution in [0.2, 0.25) is 0 Å². The van der Waals surface area contributed by atoms with Crippen LogP contribution in [0.4, 0.5) is 0 Å². The second-order valence-electron chi connectivity index (χ2n) is 7.59. The van der Waals surface area contributed by atoms with Crippen LogP contribution in [0.1, 0.15) is 26.2 Å². The molecular weight excluding hydrogens is 382 g/mol. The van der Waals surface area contributed by atoms with Crippen LogP contribution in [0.5, 0.6) is 11.5 Å². The summed E-state index contributed by atoms with van der Waals surface area (Å²) in [6.45, 7) is 2.83. The van der Waals surface area contributed by atoms with Crippen LogP contribution in [-0.4, -0.2) is 37.1 Å². The van der Waals surface area contributed by atoms with Crippen LogP contribution in [0.15, 0.2) is 57.9 Å². The van der Waals surface area contributed by atoms with Gasteiger partial charge in [-0.25, -0.2) is 0 Å². The zero-order valence-electron chi connectivity index (χ0n) is 17.2. The first-order valence-electron chi connectivity index (χ1n) is 10.2. The first kappa shape index (κ1) is 20.0. The highest BCUT2D eigenvalue weighted by Gasteiger charge is 2.23. The van der Waals surface area contributed by atoms with Gasteiger partial charge in [-0.15, -0.1) is 0 Å².